The van der Waals surface area contributed by atoms with Crippen LogP contribution in [-0.2, 0) is 7.05 Å². The van der Waals surface area contributed by atoms with Gasteiger partial charge in [0.15, 0.2) is 0 Å². The Balaban J connectivity index is 2.49. The van der Waals surface area contributed by atoms with Gasteiger partial charge in [-0.15, -0.1) is 0 Å². The molecule has 0 bridgehead atoms. The number of aromatic nitrogens is 2. The van der Waals surface area contributed by atoms with E-state index in [2.05, 4.69) is 5.10 Å². The molecule has 0 aliphatic heterocycles. The van der Waals surface area contributed by atoms with Crippen LogP contribution in [-0.4, -0.2) is 9.78 Å². The van der Waals surface area contributed by atoms with Gasteiger partial charge in [0.2, 0.25) is 0 Å². The first kappa shape index (κ1) is 9.15. The summed E-state index contributed by atoms with van der Waals surface area (Å²) in [6.45, 7) is 2.03. The SMILES string of the molecule is Cc1ccc(-c2nn(C)c(=O)s2)cc1. The molecule has 1 aromatic heterocycles. The Kier molecular flexibility index (Phi) is 2.21. The molecule has 0 unspecified atom stereocenters. The molecule has 0 saturated carbocycles. The second-order valence-corrected chi connectivity index (χ2v) is 4.10. The molecule has 0 radical (unpaired) electrons. The lowest BCUT2D eigenvalue weighted by atomic mass is 10.2. The van der Waals surface area contributed by atoms with Crippen LogP contribution in [0.4, 0.5) is 0 Å². The van der Waals surface area contributed by atoms with Gasteiger partial charge in [-0.05, 0) is 6.92 Å². The standard InChI is InChI=1S/C10H10N2OS/c1-7-3-5-8(6-4-7)9-11-12(2)10(13)14-9/h3-6H,1-2H3. The van der Waals surface area contributed by atoms with E-state index in [0.29, 0.717) is 0 Å². The minimum Gasteiger partial charge on any atom is -0.255 e. The van der Waals surface area contributed by atoms with Crippen LogP contribution < -0.4 is 4.87 Å². The van der Waals surface area contributed by atoms with Crippen molar-refractivity contribution in [1.29, 1.82) is 0 Å². The highest BCUT2D eigenvalue weighted by atomic mass is 32.1. The highest BCUT2D eigenvalue weighted by Gasteiger charge is 2.04. The van der Waals surface area contributed by atoms with Crippen molar-refractivity contribution in [3.8, 4) is 10.6 Å². The predicted octanol–water partition coefficient (Wildman–Crippen LogP) is 1.82. The van der Waals surface area contributed by atoms with Crippen LogP contribution in [0.1, 0.15) is 5.56 Å². The lowest BCUT2D eigenvalue weighted by molar-refractivity contribution is 0.746. The molecular weight excluding hydrogens is 196 g/mol. The molecule has 0 spiro atoms. The third-order valence-electron chi connectivity index (χ3n) is 1.99. The van der Waals surface area contributed by atoms with Crippen molar-refractivity contribution in [2.45, 2.75) is 6.92 Å². The fourth-order valence-corrected chi connectivity index (χ4v) is 1.91. The fraction of sp³-hybridized carbons (Fsp3) is 0.200. The summed E-state index contributed by atoms with van der Waals surface area (Å²) < 4.78 is 1.36. The lowest BCUT2D eigenvalue weighted by Crippen LogP contribution is -2.08. The van der Waals surface area contributed by atoms with Crippen LogP contribution in [0, 0.1) is 6.92 Å². The third-order valence-corrected chi connectivity index (χ3v) is 2.94. The van der Waals surface area contributed by atoms with Gasteiger partial charge in [-0.2, -0.15) is 5.10 Å². The molecule has 1 aromatic carbocycles. The molecule has 4 heteroatoms. The highest BCUT2D eigenvalue weighted by Crippen LogP contribution is 2.18. The Morgan fingerprint density at radius 2 is 1.93 bits per heavy atom. The molecule has 2 rings (SSSR count). The molecule has 72 valence electrons. The van der Waals surface area contributed by atoms with Gasteiger partial charge in [0.05, 0.1) is 0 Å². The average Bonchev–Trinajstić information content (AvgIpc) is 2.48. The monoisotopic (exact) mass is 206 g/mol. The van der Waals surface area contributed by atoms with Crippen molar-refractivity contribution in [3.63, 3.8) is 0 Å². The smallest absolute Gasteiger partial charge is 0.255 e. The van der Waals surface area contributed by atoms with E-state index in [9.17, 15) is 4.79 Å². The zero-order valence-electron chi connectivity index (χ0n) is 8.02. The lowest BCUT2D eigenvalue weighted by Gasteiger charge is -1.95. The number of aryl methyl sites for hydroxylation is 2. The maximum atomic E-state index is 11.2. The summed E-state index contributed by atoms with van der Waals surface area (Å²) in [4.78, 5) is 11.2. The minimum atomic E-state index is -0.0272. The largest absolute Gasteiger partial charge is 0.325 e. The summed E-state index contributed by atoms with van der Waals surface area (Å²) in [5.74, 6) is 0. The molecule has 3 nitrogen and oxygen atoms in total. The molecule has 0 aliphatic rings. The molecule has 1 heterocycles. The number of hydrogen-bond donors (Lipinski definition) is 0. The number of rotatable bonds is 1. The summed E-state index contributed by atoms with van der Waals surface area (Å²) >= 11 is 1.17. The van der Waals surface area contributed by atoms with E-state index in [-0.39, 0.29) is 4.87 Å². The van der Waals surface area contributed by atoms with Gasteiger partial charge in [0.25, 0.3) is 0 Å². The Bertz CT molecular complexity index is 496. The number of hydrogen-bond acceptors (Lipinski definition) is 3. The van der Waals surface area contributed by atoms with Gasteiger partial charge in [-0.3, -0.25) is 4.79 Å². The van der Waals surface area contributed by atoms with Crippen molar-refractivity contribution in [1.82, 2.24) is 9.78 Å². The van der Waals surface area contributed by atoms with Crippen molar-refractivity contribution in [3.05, 3.63) is 39.5 Å². The molecule has 0 N–H and O–H groups in total. The van der Waals surface area contributed by atoms with E-state index in [1.807, 2.05) is 31.2 Å². The van der Waals surface area contributed by atoms with Crippen molar-refractivity contribution >= 4 is 11.3 Å². The van der Waals surface area contributed by atoms with Crippen LogP contribution >= 0.6 is 11.3 Å². The van der Waals surface area contributed by atoms with Gasteiger partial charge >= 0.3 is 4.87 Å². The average molecular weight is 206 g/mol. The highest BCUT2D eigenvalue weighted by molar-refractivity contribution is 7.12. The van der Waals surface area contributed by atoms with E-state index in [1.54, 1.807) is 7.05 Å². The van der Waals surface area contributed by atoms with E-state index in [4.69, 9.17) is 0 Å². The van der Waals surface area contributed by atoms with Gasteiger partial charge < -0.3 is 0 Å². The quantitative estimate of drug-likeness (QED) is 0.713. The molecule has 0 atom stereocenters. The summed E-state index contributed by atoms with van der Waals surface area (Å²) in [7, 11) is 1.66. The van der Waals surface area contributed by atoms with Crippen LogP contribution in [0.3, 0.4) is 0 Å². The summed E-state index contributed by atoms with van der Waals surface area (Å²) in [5.41, 5.74) is 2.20. The summed E-state index contributed by atoms with van der Waals surface area (Å²) in [5, 5.41) is 4.91. The molecule has 0 amide bonds. The van der Waals surface area contributed by atoms with Crippen LogP contribution in [0.25, 0.3) is 10.6 Å². The Morgan fingerprint density at radius 1 is 1.29 bits per heavy atom. The zero-order chi connectivity index (χ0) is 10.1. The predicted molar refractivity (Wildman–Crippen MR) is 57.5 cm³/mol. The number of nitrogens with zero attached hydrogens (tertiary/aromatic N) is 2. The molecular formula is C10H10N2OS. The first-order chi connectivity index (χ1) is 6.66. The molecule has 0 fully saturated rings. The second kappa shape index (κ2) is 3.38. The number of benzene rings is 1. The van der Waals surface area contributed by atoms with E-state index < -0.39 is 0 Å². The van der Waals surface area contributed by atoms with Gasteiger partial charge in [0.1, 0.15) is 5.01 Å². The Labute approximate surface area is 85.6 Å². The van der Waals surface area contributed by atoms with Crippen LogP contribution in [0.2, 0.25) is 0 Å². The fourth-order valence-electron chi connectivity index (χ4n) is 1.16. The first-order valence-corrected chi connectivity index (χ1v) is 5.09. The maximum absolute atomic E-state index is 11.2. The molecule has 0 aliphatic carbocycles. The Morgan fingerprint density at radius 3 is 2.43 bits per heavy atom. The van der Waals surface area contributed by atoms with Gasteiger partial charge in [0, 0.05) is 12.6 Å². The van der Waals surface area contributed by atoms with E-state index in [0.717, 1.165) is 10.6 Å². The van der Waals surface area contributed by atoms with Gasteiger partial charge in [-0.25, -0.2) is 4.68 Å². The van der Waals surface area contributed by atoms with E-state index in [1.165, 1.54) is 21.6 Å². The van der Waals surface area contributed by atoms with Gasteiger partial charge in [-0.1, -0.05) is 41.2 Å². The molecule has 2 aromatic rings. The third kappa shape index (κ3) is 1.61. The van der Waals surface area contributed by atoms with E-state index >= 15 is 0 Å². The molecule has 14 heavy (non-hydrogen) atoms. The molecule has 0 saturated heterocycles. The minimum absolute atomic E-state index is 0.0272. The van der Waals surface area contributed by atoms with Crippen LogP contribution in [0.5, 0.6) is 0 Å². The Hall–Kier alpha value is -1.42. The first-order valence-electron chi connectivity index (χ1n) is 4.28. The van der Waals surface area contributed by atoms with Crippen molar-refractivity contribution < 1.29 is 0 Å². The summed E-state index contributed by atoms with van der Waals surface area (Å²) in [6.07, 6.45) is 0. The van der Waals surface area contributed by atoms with Crippen molar-refractivity contribution in [2.24, 2.45) is 7.05 Å². The normalized spacial score (nSPS) is 10.4. The van der Waals surface area contributed by atoms with Crippen molar-refractivity contribution in [2.75, 3.05) is 0 Å². The maximum Gasteiger partial charge on any atom is 0.325 e. The van der Waals surface area contributed by atoms with Crippen LogP contribution in [0.15, 0.2) is 29.1 Å². The zero-order valence-corrected chi connectivity index (χ0v) is 8.84. The summed E-state index contributed by atoms with van der Waals surface area (Å²) in [6, 6.07) is 7.99. The topological polar surface area (TPSA) is 34.9 Å². The second-order valence-electron chi connectivity index (χ2n) is 3.16.